The molecule has 33 heavy (non-hydrogen) atoms. The van der Waals surface area contributed by atoms with Gasteiger partial charge in [-0.2, -0.15) is 0 Å². The van der Waals surface area contributed by atoms with E-state index in [0.29, 0.717) is 29.2 Å². The van der Waals surface area contributed by atoms with Crippen LogP contribution in [0.5, 0.6) is 11.5 Å². The maximum absolute atomic E-state index is 13.2. The number of carbonyl (C=O) groups is 2. The van der Waals surface area contributed by atoms with Crippen molar-refractivity contribution >= 4 is 33.5 Å². The fourth-order valence-electron chi connectivity index (χ4n) is 3.98. The van der Waals surface area contributed by atoms with E-state index in [1.165, 1.54) is 14.2 Å². The summed E-state index contributed by atoms with van der Waals surface area (Å²) in [5.74, 6) is -0.149. The molecule has 0 aliphatic heterocycles. The molecule has 0 radical (unpaired) electrons. The summed E-state index contributed by atoms with van der Waals surface area (Å²) < 4.78 is 21.9. The molecule has 0 aromatic heterocycles. The van der Waals surface area contributed by atoms with E-state index < -0.39 is 11.9 Å². The van der Waals surface area contributed by atoms with Crippen LogP contribution in [0.2, 0.25) is 0 Å². The molecule has 0 spiro atoms. The van der Waals surface area contributed by atoms with Gasteiger partial charge in [-0.15, -0.1) is 0 Å². The van der Waals surface area contributed by atoms with Gasteiger partial charge >= 0.3 is 11.9 Å². The highest BCUT2D eigenvalue weighted by Crippen LogP contribution is 2.34. The lowest BCUT2D eigenvalue weighted by Crippen LogP contribution is -2.11. The standard InChI is InChI=1S/C27H24O6/c1-4-32-23-14-13-17-9-5-6-11-20(17)24(23)27(29)33-16-18-15-22(26(28)31-3)25(30-2)21-12-8-7-10-19(18)21/h5-15H,4,16H2,1-3H3. The number of benzene rings is 4. The third kappa shape index (κ3) is 4.20. The Morgan fingerprint density at radius 3 is 2.21 bits per heavy atom. The molecule has 6 nitrogen and oxygen atoms in total. The fourth-order valence-corrected chi connectivity index (χ4v) is 3.98. The lowest BCUT2D eigenvalue weighted by molar-refractivity contribution is 0.0472. The summed E-state index contributed by atoms with van der Waals surface area (Å²) in [6.07, 6.45) is 0. The Hall–Kier alpha value is -4.06. The van der Waals surface area contributed by atoms with Crippen LogP contribution in [0.4, 0.5) is 0 Å². The minimum Gasteiger partial charge on any atom is -0.495 e. The Morgan fingerprint density at radius 1 is 0.818 bits per heavy atom. The number of esters is 2. The van der Waals surface area contributed by atoms with Crippen molar-refractivity contribution < 1.29 is 28.5 Å². The van der Waals surface area contributed by atoms with Crippen molar-refractivity contribution in [3.8, 4) is 11.5 Å². The molecule has 0 aliphatic rings. The lowest BCUT2D eigenvalue weighted by Gasteiger charge is -2.16. The van der Waals surface area contributed by atoms with Crippen LogP contribution in [0.15, 0.2) is 66.7 Å². The first-order valence-corrected chi connectivity index (χ1v) is 10.6. The average Bonchev–Trinajstić information content (AvgIpc) is 2.86. The second kappa shape index (κ2) is 9.61. The molecule has 6 heteroatoms. The zero-order chi connectivity index (χ0) is 23.4. The molecule has 0 fully saturated rings. The van der Waals surface area contributed by atoms with Crippen molar-refractivity contribution in [1.82, 2.24) is 0 Å². The minimum atomic E-state index is -0.530. The van der Waals surface area contributed by atoms with Gasteiger partial charge in [0.05, 0.1) is 20.8 Å². The van der Waals surface area contributed by atoms with Crippen LogP contribution in [0.1, 0.15) is 33.2 Å². The molecule has 0 amide bonds. The van der Waals surface area contributed by atoms with Gasteiger partial charge in [-0.1, -0.05) is 54.6 Å². The Labute approximate surface area is 191 Å². The molecule has 0 saturated heterocycles. The number of rotatable bonds is 7. The zero-order valence-corrected chi connectivity index (χ0v) is 18.7. The largest absolute Gasteiger partial charge is 0.495 e. The highest BCUT2D eigenvalue weighted by atomic mass is 16.5. The van der Waals surface area contributed by atoms with E-state index >= 15 is 0 Å². The molecule has 168 valence electrons. The molecule has 0 bridgehead atoms. The van der Waals surface area contributed by atoms with E-state index in [-0.39, 0.29) is 12.2 Å². The van der Waals surface area contributed by atoms with Crippen LogP contribution >= 0.6 is 0 Å². The summed E-state index contributed by atoms with van der Waals surface area (Å²) in [5.41, 5.74) is 1.31. The van der Waals surface area contributed by atoms with Gasteiger partial charge in [0, 0.05) is 5.39 Å². The lowest BCUT2D eigenvalue weighted by atomic mass is 9.99. The first-order chi connectivity index (χ1) is 16.1. The van der Waals surface area contributed by atoms with Crippen LogP contribution in [-0.4, -0.2) is 32.8 Å². The smallest absolute Gasteiger partial charge is 0.342 e. The normalized spacial score (nSPS) is 10.8. The Balaban J connectivity index is 1.75. The van der Waals surface area contributed by atoms with Crippen molar-refractivity contribution in [1.29, 1.82) is 0 Å². The molecule has 0 heterocycles. The third-order valence-electron chi connectivity index (χ3n) is 5.44. The number of methoxy groups -OCH3 is 2. The van der Waals surface area contributed by atoms with Crippen molar-refractivity contribution in [3.63, 3.8) is 0 Å². The van der Waals surface area contributed by atoms with E-state index in [9.17, 15) is 9.59 Å². The predicted molar refractivity (Wildman–Crippen MR) is 126 cm³/mol. The summed E-state index contributed by atoms with van der Waals surface area (Å²) in [6.45, 7) is 2.24. The maximum Gasteiger partial charge on any atom is 0.342 e. The van der Waals surface area contributed by atoms with Gasteiger partial charge in [0.2, 0.25) is 0 Å². The van der Waals surface area contributed by atoms with Gasteiger partial charge in [-0.25, -0.2) is 9.59 Å². The Morgan fingerprint density at radius 2 is 1.52 bits per heavy atom. The molecule has 0 aliphatic carbocycles. The molecule has 4 aromatic carbocycles. The first-order valence-electron chi connectivity index (χ1n) is 10.6. The second-order valence-corrected chi connectivity index (χ2v) is 7.32. The summed E-state index contributed by atoms with van der Waals surface area (Å²) in [6, 6.07) is 20.4. The molecule has 0 N–H and O–H groups in total. The minimum absolute atomic E-state index is 0.0396. The van der Waals surface area contributed by atoms with E-state index in [4.69, 9.17) is 18.9 Å². The van der Waals surface area contributed by atoms with Crippen molar-refractivity contribution in [3.05, 3.63) is 83.4 Å². The van der Waals surface area contributed by atoms with E-state index in [0.717, 1.165) is 21.5 Å². The van der Waals surface area contributed by atoms with E-state index in [1.54, 1.807) is 12.1 Å². The number of hydrogen-bond donors (Lipinski definition) is 0. The number of hydrogen-bond acceptors (Lipinski definition) is 6. The SMILES string of the molecule is CCOc1ccc2ccccc2c1C(=O)OCc1cc(C(=O)OC)c(OC)c2ccccc12. The van der Waals surface area contributed by atoms with E-state index in [1.807, 2.05) is 61.5 Å². The van der Waals surface area contributed by atoms with Crippen LogP contribution in [0, 0.1) is 0 Å². The maximum atomic E-state index is 13.2. The van der Waals surface area contributed by atoms with Crippen LogP contribution < -0.4 is 9.47 Å². The number of fused-ring (bicyclic) bond motifs is 2. The zero-order valence-electron chi connectivity index (χ0n) is 18.7. The summed E-state index contributed by atoms with van der Waals surface area (Å²) in [7, 11) is 2.82. The molecule has 0 atom stereocenters. The van der Waals surface area contributed by atoms with Gasteiger partial charge < -0.3 is 18.9 Å². The highest BCUT2D eigenvalue weighted by molar-refractivity contribution is 6.07. The molecular weight excluding hydrogens is 420 g/mol. The summed E-state index contributed by atoms with van der Waals surface area (Å²) in [5, 5.41) is 3.21. The van der Waals surface area contributed by atoms with Crippen molar-refractivity contribution in [2.45, 2.75) is 13.5 Å². The topological polar surface area (TPSA) is 71.1 Å². The Bertz CT molecular complexity index is 1340. The number of ether oxygens (including phenoxy) is 4. The summed E-state index contributed by atoms with van der Waals surface area (Å²) >= 11 is 0. The molecule has 4 rings (SSSR count). The highest BCUT2D eigenvalue weighted by Gasteiger charge is 2.22. The van der Waals surface area contributed by atoms with Crippen LogP contribution in [-0.2, 0) is 16.1 Å². The van der Waals surface area contributed by atoms with Crippen molar-refractivity contribution in [2.24, 2.45) is 0 Å². The van der Waals surface area contributed by atoms with Crippen LogP contribution in [0.3, 0.4) is 0 Å². The molecule has 0 unspecified atom stereocenters. The third-order valence-corrected chi connectivity index (χ3v) is 5.44. The van der Waals surface area contributed by atoms with Crippen LogP contribution in [0.25, 0.3) is 21.5 Å². The summed E-state index contributed by atoms with van der Waals surface area (Å²) in [4.78, 5) is 25.6. The molecule has 0 saturated carbocycles. The van der Waals surface area contributed by atoms with Gasteiger partial charge in [0.15, 0.2) is 0 Å². The monoisotopic (exact) mass is 444 g/mol. The quantitative estimate of drug-likeness (QED) is 0.348. The molecular formula is C27H24O6. The Kier molecular flexibility index (Phi) is 6.45. The molecule has 4 aromatic rings. The van der Waals surface area contributed by atoms with Crippen molar-refractivity contribution in [2.75, 3.05) is 20.8 Å². The second-order valence-electron chi connectivity index (χ2n) is 7.32. The fraction of sp³-hybridized carbons (Fsp3) is 0.185. The van der Waals surface area contributed by atoms with E-state index in [2.05, 4.69) is 0 Å². The van der Waals surface area contributed by atoms with Gasteiger partial charge in [-0.3, -0.25) is 0 Å². The number of carbonyl (C=O) groups excluding carboxylic acids is 2. The first kappa shape index (κ1) is 22.1. The van der Waals surface area contributed by atoms with Gasteiger partial charge in [0.1, 0.15) is 29.2 Å². The van der Waals surface area contributed by atoms with Gasteiger partial charge in [-0.05, 0) is 40.8 Å². The average molecular weight is 444 g/mol. The van der Waals surface area contributed by atoms with Gasteiger partial charge in [0.25, 0.3) is 0 Å². The predicted octanol–water partition coefficient (Wildman–Crippen LogP) is 5.54.